The second-order valence-electron chi connectivity index (χ2n) is 5.72. The quantitative estimate of drug-likeness (QED) is 0.574. The number of hydrogen-bond acceptors (Lipinski definition) is 4. The largest absolute Gasteiger partial charge is 0.351 e. The van der Waals surface area contributed by atoms with Crippen molar-refractivity contribution >= 4 is 45.0 Å². The molecule has 1 aromatic carbocycles. The summed E-state index contributed by atoms with van der Waals surface area (Å²) in [5.74, 6) is -0.366. The maximum atomic E-state index is 12.2. The number of amides is 3. The Balaban J connectivity index is 1.49. The first-order valence-corrected chi connectivity index (χ1v) is 9.63. The first-order chi connectivity index (χ1) is 12.0. The third-order valence-corrected chi connectivity index (χ3v) is 5.62. The molecule has 25 heavy (non-hydrogen) atoms. The van der Waals surface area contributed by atoms with E-state index in [1.165, 1.54) is 16.2 Å². The standard InChI is InChI=1S/C18H17BrN2O3S/c19-13-4-2-12(3-5-13)14-6-7-15(25-14)18(24)20-10-1-11-21-16(22)8-9-17(21)23/h2-7H,1,8-11H2,(H,20,24). The molecule has 5 nitrogen and oxygen atoms in total. The number of thiophene rings is 1. The molecule has 0 bridgehead atoms. The molecule has 7 heteroatoms. The smallest absolute Gasteiger partial charge is 0.261 e. The van der Waals surface area contributed by atoms with Gasteiger partial charge in [-0.25, -0.2) is 0 Å². The molecule has 3 amide bonds. The molecule has 0 spiro atoms. The lowest BCUT2D eigenvalue weighted by molar-refractivity contribution is -0.138. The van der Waals surface area contributed by atoms with Crippen LogP contribution in [0.5, 0.6) is 0 Å². The Bertz CT molecular complexity index is 785. The second kappa shape index (κ2) is 7.93. The molecule has 1 N–H and O–H groups in total. The van der Waals surface area contributed by atoms with E-state index in [9.17, 15) is 14.4 Å². The average Bonchev–Trinajstić information content (AvgIpc) is 3.21. The third kappa shape index (κ3) is 4.35. The Kier molecular flexibility index (Phi) is 5.65. The molecule has 1 aliphatic heterocycles. The van der Waals surface area contributed by atoms with Gasteiger partial charge in [0.1, 0.15) is 0 Å². The van der Waals surface area contributed by atoms with Crippen molar-refractivity contribution in [3.05, 3.63) is 45.7 Å². The van der Waals surface area contributed by atoms with Gasteiger partial charge >= 0.3 is 0 Å². The minimum atomic E-state index is -0.132. The van der Waals surface area contributed by atoms with Crippen molar-refractivity contribution in [1.29, 1.82) is 0 Å². The summed E-state index contributed by atoms with van der Waals surface area (Å²) in [6.07, 6.45) is 1.17. The number of rotatable bonds is 6. The van der Waals surface area contributed by atoms with Gasteiger partial charge in [0.05, 0.1) is 4.88 Å². The van der Waals surface area contributed by atoms with Gasteiger partial charge in [0.15, 0.2) is 0 Å². The van der Waals surface area contributed by atoms with E-state index < -0.39 is 0 Å². The number of carbonyl (C=O) groups is 3. The highest BCUT2D eigenvalue weighted by molar-refractivity contribution is 9.10. The number of hydrogen-bond donors (Lipinski definition) is 1. The van der Waals surface area contributed by atoms with Gasteiger partial charge in [-0.1, -0.05) is 28.1 Å². The molecule has 1 aromatic heterocycles. The number of carbonyl (C=O) groups excluding carboxylic acids is 3. The lowest BCUT2D eigenvalue weighted by Gasteiger charge is -2.13. The Labute approximate surface area is 158 Å². The number of nitrogens with one attached hydrogen (secondary N) is 1. The molecular weight excluding hydrogens is 404 g/mol. The van der Waals surface area contributed by atoms with E-state index in [0.29, 0.717) is 37.2 Å². The van der Waals surface area contributed by atoms with Gasteiger partial charge in [0.25, 0.3) is 5.91 Å². The zero-order chi connectivity index (χ0) is 17.8. The average molecular weight is 421 g/mol. The van der Waals surface area contributed by atoms with Crippen LogP contribution in [0.25, 0.3) is 10.4 Å². The molecule has 0 unspecified atom stereocenters. The molecular formula is C18H17BrN2O3S. The summed E-state index contributed by atoms with van der Waals surface area (Å²) in [5.41, 5.74) is 1.07. The minimum absolute atomic E-state index is 0.117. The number of nitrogens with zero attached hydrogens (tertiary/aromatic N) is 1. The first kappa shape index (κ1) is 17.8. The van der Waals surface area contributed by atoms with Crippen LogP contribution in [0.3, 0.4) is 0 Å². The van der Waals surface area contributed by atoms with Gasteiger partial charge in [0.2, 0.25) is 11.8 Å². The Morgan fingerprint density at radius 3 is 2.44 bits per heavy atom. The summed E-state index contributed by atoms with van der Waals surface area (Å²) in [6.45, 7) is 0.800. The van der Waals surface area contributed by atoms with E-state index in [4.69, 9.17) is 0 Å². The van der Waals surface area contributed by atoms with Gasteiger partial charge in [-0.2, -0.15) is 0 Å². The van der Waals surface area contributed by atoms with Crippen LogP contribution in [-0.4, -0.2) is 35.7 Å². The fourth-order valence-corrected chi connectivity index (χ4v) is 3.82. The van der Waals surface area contributed by atoms with Crippen LogP contribution in [0.1, 0.15) is 28.9 Å². The fourth-order valence-electron chi connectivity index (χ4n) is 2.63. The highest BCUT2D eigenvalue weighted by atomic mass is 79.9. The molecule has 0 atom stereocenters. The Hall–Kier alpha value is -1.99. The van der Waals surface area contributed by atoms with Crippen LogP contribution in [0.2, 0.25) is 0 Å². The van der Waals surface area contributed by atoms with E-state index in [1.54, 1.807) is 0 Å². The van der Waals surface area contributed by atoms with Crippen LogP contribution in [0.4, 0.5) is 0 Å². The molecule has 0 radical (unpaired) electrons. The minimum Gasteiger partial charge on any atom is -0.351 e. The molecule has 0 saturated carbocycles. The molecule has 1 aliphatic rings. The van der Waals surface area contributed by atoms with Gasteiger partial charge in [-0.15, -0.1) is 11.3 Å². The molecule has 1 saturated heterocycles. The highest BCUT2D eigenvalue weighted by Crippen LogP contribution is 2.29. The van der Waals surface area contributed by atoms with Crippen LogP contribution in [-0.2, 0) is 9.59 Å². The Morgan fingerprint density at radius 1 is 1.08 bits per heavy atom. The van der Waals surface area contributed by atoms with Crippen LogP contribution >= 0.6 is 27.3 Å². The highest BCUT2D eigenvalue weighted by Gasteiger charge is 2.27. The van der Waals surface area contributed by atoms with Gasteiger partial charge in [-0.05, 0) is 36.2 Å². The maximum Gasteiger partial charge on any atom is 0.261 e. The van der Waals surface area contributed by atoms with Crippen molar-refractivity contribution < 1.29 is 14.4 Å². The lowest BCUT2D eigenvalue weighted by Crippen LogP contribution is -2.33. The lowest BCUT2D eigenvalue weighted by atomic mass is 10.2. The number of likely N-dealkylation sites (tertiary alicyclic amines) is 1. The van der Waals surface area contributed by atoms with E-state index in [-0.39, 0.29) is 17.7 Å². The van der Waals surface area contributed by atoms with Gasteiger partial charge in [-0.3, -0.25) is 19.3 Å². The van der Waals surface area contributed by atoms with Crippen molar-refractivity contribution in [1.82, 2.24) is 10.2 Å². The number of imide groups is 1. The molecule has 2 aromatic rings. The topological polar surface area (TPSA) is 66.5 Å². The summed E-state index contributed by atoms with van der Waals surface area (Å²) < 4.78 is 1.01. The van der Waals surface area contributed by atoms with E-state index in [1.807, 2.05) is 36.4 Å². The van der Waals surface area contributed by atoms with Gasteiger partial charge in [0, 0.05) is 35.3 Å². The summed E-state index contributed by atoms with van der Waals surface area (Å²) in [5, 5.41) is 2.84. The van der Waals surface area contributed by atoms with Crippen molar-refractivity contribution in [3.63, 3.8) is 0 Å². The van der Waals surface area contributed by atoms with E-state index in [0.717, 1.165) is 14.9 Å². The van der Waals surface area contributed by atoms with Crippen LogP contribution in [0.15, 0.2) is 40.9 Å². The number of halogens is 1. The summed E-state index contributed by atoms with van der Waals surface area (Å²) in [4.78, 5) is 38.2. The van der Waals surface area contributed by atoms with Crippen LogP contribution < -0.4 is 5.32 Å². The molecule has 130 valence electrons. The predicted molar refractivity (Wildman–Crippen MR) is 100 cm³/mol. The molecule has 3 rings (SSSR count). The summed E-state index contributed by atoms with van der Waals surface area (Å²) in [6, 6.07) is 11.7. The molecule has 2 heterocycles. The Morgan fingerprint density at radius 2 is 1.76 bits per heavy atom. The molecule has 0 aliphatic carbocycles. The fraction of sp³-hybridized carbons (Fsp3) is 0.278. The van der Waals surface area contributed by atoms with E-state index >= 15 is 0 Å². The van der Waals surface area contributed by atoms with Gasteiger partial charge < -0.3 is 5.32 Å². The summed E-state index contributed by atoms with van der Waals surface area (Å²) in [7, 11) is 0. The normalized spacial score (nSPS) is 14.2. The number of benzene rings is 1. The summed E-state index contributed by atoms with van der Waals surface area (Å²) >= 11 is 4.85. The zero-order valence-corrected chi connectivity index (χ0v) is 15.9. The first-order valence-electron chi connectivity index (χ1n) is 8.02. The van der Waals surface area contributed by atoms with Crippen molar-refractivity contribution in [3.8, 4) is 10.4 Å². The third-order valence-electron chi connectivity index (χ3n) is 3.96. The maximum absolute atomic E-state index is 12.2. The van der Waals surface area contributed by atoms with E-state index in [2.05, 4.69) is 21.2 Å². The van der Waals surface area contributed by atoms with Crippen LogP contribution in [0, 0.1) is 0 Å². The SMILES string of the molecule is O=C(NCCCN1C(=O)CCC1=O)c1ccc(-c2ccc(Br)cc2)s1. The predicted octanol–water partition coefficient (Wildman–Crippen LogP) is 3.45. The van der Waals surface area contributed by atoms with Crippen molar-refractivity contribution in [2.45, 2.75) is 19.3 Å². The zero-order valence-electron chi connectivity index (χ0n) is 13.5. The van der Waals surface area contributed by atoms with Crippen molar-refractivity contribution in [2.24, 2.45) is 0 Å². The monoisotopic (exact) mass is 420 g/mol. The molecule has 1 fully saturated rings. The second-order valence-corrected chi connectivity index (χ2v) is 7.72. The van der Waals surface area contributed by atoms with Crippen molar-refractivity contribution in [2.75, 3.05) is 13.1 Å².